The fourth-order valence-corrected chi connectivity index (χ4v) is 3.31. The van der Waals surface area contributed by atoms with Gasteiger partial charge in [0.15, 0.2) is 0 Å². The van der Waals surface area contributed by atoms with Crippen LogP contribution in [0.5, 0.6) is 0 Å². The highest BCUT2D eigenvalue weighted by atomic mass is 127. The molecule has 8 heteroatoms. The van der Waals surface area contributed by atoms with Gasteiger partial charge >= 0.3 is 0 Å². The molecule has 0 aliphatic rings. The second-order valence-corrected chi connectivity index (χ2v) is 7.82. The van der Waals surface area contributed by atoms with Gasteiger partial charge in [-0.15, -0.1) is 5.10 Å². The van der Waals surface area contributed by atoms with E-state index in [0.717, 1.165) is 18.5 Å². The predicted molar refractivity (Wildman–Crippen MR) is 102 cm³/mol. The molecule has 0 radical (unpaired) electrons. The van der Waals surface area contributed by atoms with Crippen molar-refractivity contribution < 1.29 is 9.18 Å². The number of rotatable bonds is 7. The molecule has 1 heterocycles. The molecule has 1 aromatic heterocycles. The minimum atomic E-state index is -0.283. The molecule has 1 amide bonds. The quantitative estimate of drug-likeness (QED) is 0.503. The van der Waals surface area contributed by atoms with Gasteiger partial charge in [-0.25, -0.2) is 14.1 Å². The second-order valence-electron chi connectivity index (χ2n) is 5.35. The average molecular weight is 462 g/mol. The van der Waals surface area contributed by atoms with Gasteiger partial charge in [0.1, 0.15) is 12.1 Å². The van der Waals surface area contributed by atoms with Crippen molar-refractivity contribution in [2.24, 2.45) is 0 Å². The lowest BCUT2D eigenvalue weighted by molar-refractivity contribution is -0.121. The summed E-state index contributed by atoms with van der Waals surface area (Å²) in [6.45, 7) is 5.95. The van der Waals surface area contributed by atoms with Gasteiger partial charge in [-0.05, 0) is 60.6 Å². The molecule has 1 aromatic carbocycles. The predicted octanol–water partition coefficient (Wildman–Crippen LogP) is 3.80. The Morgan fingerprint density at radius 2 is 2.12 bits per heavy atom. The first-order valence-corrected chi connectivity index (χ1v) is 9.74. The summed E-state index contributed by atoms with van der Waals surface area (Å²) in [6, 6.07) is 4.94. The van der Waals surface area contributed by atoms with Crippen molar-refractivity contribution in [3.05, 3.63) is 33.9 Å². The summed E-state index contributed by atoms with van der Waals surface area (Å²) in [4.78, 5) is 16.4. The van der Waals surface area contributed by atoms with Crippen molar-refractivity contribution in [2.45, 2.75) is 50.1 Å². The number of carbonyl (C=O) groups is 1. The van der Waals surface area contributed by atoms with Crippen LogP contribution in [0.1, 0.15) is 33.6 Å². The van der Waals surface area contributed by atoms with Gasteiger partial charge < -0.3 is 5.32 Å². The molecule has 1 N–H and O–H groups in total. The smallest absolute Gasteiger partial charge is 0.233 e. The molecule has 0 aliphatic carbocycles. The van der Waals surface area contributed by atoms with Gasteiger partial charge in [0, 0.05) is 6.04 Å². The number of thioether (sulfide) groups is 1. The van der Waals surface area contributed by atoms with Crippen LogP contribution in [0.4, 0.5) is 4.39 Å². The molecule has 0 fully saturated rings. The van der Waals surface area contributed by atoms with Crippen LogP contribution in [0.25, 0.3) is 5.69 Å². The zero-order valence-corrected chi connectivity index (χ0v) is 16.8. The lowest BCUT2D eigenvalue weighted by Gasteiger charge is -2.17. The van der Waals surface area contributed by atoms with Gasteiger partial charge in [-0.1, -0.05) is 25.6 Å². The van der Waals surface area contributed by atoms with E-state index in [-0.39, 0.29) is 23.0 Å². The molecule has 24 heavy (non-hydrogen) atoms. The van der Waals surface area contributed by atoms with Crippen LogP contribution in [-0.2, 0) is 4.79 Å². The minimum Gasteiger partial charge on any atom is -0.352 e. The summed E-state index contributed by atoms with van der Waals surface area (Å²) in [5.74, 6) is -0.276. The van der Waals surface area contributed by atoms with E-state index in [1.54, 1.807) is 23.1 Å². The molecular weight excluding hydrogens is 442 g/mol. The molecule has 1 atom stereocenters. The van der Waals surface area contributed by atoms with E-state index in [0.29, 0.717) is 8.73 Å². The Balaban J connectivity index is 2.02. The van der Waals surface area contributed by atoms with E-state index in [1.165, 1.54) is 17.8 Å². The third-order valence-corrected chi connectivity index (χ3v) is 5.41. The third kappa shape index (κ3) is 4.92. The number of hydrogen-bond donors (Lipinski definition) is 1. The summed E-state index contributed by atoms with van der Waals surface area (Å²) in [5, 5.41) is 7.61. The van der Waals surface area contributed by atoms with Gasteiger partial charge in [-0.3, -0.25) is 4.79 Å². The van der Waals surface area contributed by atoms with E-state index >= 15 is 0 Å². The van der Waals surface area contributed by atoms with Gasteiger partial charge in [-0.2, -0.15) is 0 Å². The highest BCUT2D eigenvalue weighted by Crippen LogP contribution is 2.21. The number of nitrogens with zero attached hydrogens (tertiary/aromatic N) is 3. The molecule has 0 saturated carbocycles. The molecule has 5 nitrogen and oxygen atoms in total. The molecule has 0 saturated heterocycles. The Labute approximate surface area is 158 Å². The Kier molecular flexibility index (Phi) is 7.02. The zero-order valence-electron chi connectivity index (χ0n) is 13.8. The third-order valence-electron chi connectivity index (χ3n) is 3.62. The molecule has 130 valence electrons. The Morgan fingerprint density at radius 1 is 1.42 bits per heavy atom. The summed E-state index contributed by atoms with van der Waals surface area (Å²) in [5.41, 5.74) is 0.731. The monoisotopic (exact) mass is 462 g/mol. The number of hydrogen-bond acceptors (Lipinski definition) is 4. The van der Waals surface area contributed by atoms with Crippen LogP contribution in [0, 0.1) is 9.39 Å². The molecular formula is C16H20FIN4OS. The maximum Gasteiger partial charge on any atom is 0.233 e. The summed E-state index contributed by atoms with van der Waals surface area (Å²) >= 11 is 3.24. The maximum absolute atomic E-state index is 13.3. The Morgan fingerprint density at radius 3 is 2.75 bits per heavy atom. The number of halogens is 2. The molecule has 0 aliphatic heterocycles. The highest BCUT2D eigenvalue weighted by Gasteiger charge is 2.19. The maximum atomic E-state index is 13.3. The van der Waals surface area contributed by atoms with Crippen LogP contribution < -0.4 is 5.32 Å². The van der Waals surface area contributed by atoms with Crippen molar-refractivity contribution in [2.75, 3.05) is 0 Å². The SMILES string of the molecule is CCC(CC)NC(=O)C(C)Sc1ncn(-c2ccc(F)c(I)c2)n1. The number of aromatic nitrogens is 3. The average Bonchev–Trinajstić information content (AvgIpc) is 3.03. The van der Waals surface area contributed by atoms with E-state index in [1.807, 2.05) is 29.5 Å². The molecule has 1 unspecified atom stereocenters. The van der Waals surface area contributed by atoms with Crippen LogP contribution in [0.3, 0.4) is 0 Å². The Bertz CT molecular complexity index is 705. The zero-order chi connectivity index (χ0) is 17.7. The van der Waals surface area contributed by atoms with Crippen LogP contribution in [0.15, 0.2) is 29.7 Å². The largest absolute Gasteiger partial charge is 0.352 e. The van der Waals surface area contributed by atoms with Gasteiger partial charge in [0.2, 0.25) is 11.1 Å². The van der Waals surface area contributed by atoms with E-state index in [9.17, 15) is 9.18 Å². The van der Waals surface area contributed by atoms with Crippen molar-refractivity contribution in [3.63, 3.8) is 0 Å². The van der Waals surface area contributed by atoms with Gasteiger partial charge in [0.05, 0.1) is 14.5 Å². The fraction of sp³-hybridized carbons (Fsp3) is 0.438. The fourth-order valence-electron chi connectivity index (χ4n) is 2.08. The highest BCUT2D eigenvalue weighted by molar-refractivity contribution is 14.1. The van der Waals surface area contributed by atoms with E-state index < -0.39 is 0 Å². The summed E-state index contributed by atoms with van der Waals surface area (Å²) in [6.07, 6.45) is 3.39. The number of amides is 1. The van der Waals surface area contributed by atoms with Crippen molar-refractivity contribution in [1.29, 1.82) is 0 Å². The molecule has 0 spiro atoms. The van der Waals surface area contributed by atoms with Crippen LogP contribution >= 0.6 is 34.4 Å². The topological polar surface area (TPSA) is 59.8 Å². The molecule has 2 aromatic rings. The molecule has 2 rings (SSSR count). The van der Waals surface area contributed by atoms with Crippen molar-refractivity contribution in [3.8, 4) is 5.69 Å². The normalized spacial score (nSPS) is 12.4. The first kappa shape index (κ1) is 19.2. The lowest BCUT2D eigenvalue weighted by atomic mass is 10.2. The first-order chi connectivity index (χ1) is 11.4. The summed E-state index contributed by atoms with van der Waals surface area (Å²) < 4.78 is 15.4. The van der Waals surface area contributed by atoms with Gasteiger partial charge in [0.25, 0.3) is 0 Å². The van der Waals surface area contributed by atoms with Crippen molar-refractivity contribution in [1.82, 2.24) is 20.1 Å². The van der Waals surface area contributed by atoms with Crippen molar-refractivity contribution >= 4 is 40.3 Å². The second kappa shape index (κ2) is 8.80. The number of carbonyl (C=O) groups excluding carboxylic acids is 1. The van der Waals surface area contributed by atoms with Crippen LogP contribution in [-0.4, -0.2) is 32.0 Å². The molecule has 0 bridgehead atoms. The number of nitrogens with one attached hydrogen (secondary N) is 1. The standard InChI is InChI=1S/C16H20FIN4OS/c1-4-11(5-2)20-15(23)10(3)24-16-19-9-22(21-16)12-6-7-13(17)14(18)8-12/h6-11H,4-5H2,1-3H3,(H,20,23). The van der Waals surface area contributed by atoms with E-state index in [2.05, 4.69) is 29.2 Å². The van der Waals surface area contributed by atoms with E-state index in [4.69, 9.17) is 0 Å². The Hall–Kier alpha value is -1.16. The van der Waals surface area contributed by atoms with Crippen LogP contribution in [0.2, 0.25) is 0 Å². The number of benzene rings is 1. The first-order valence-electron chi connectivity index (χ1n) is 7.78. The minimum absolute atomic E-state index is 0.0126. The summed E-state index contributed by atoms with van der Waals surface area (Å²) in [7, 11) is 0. The lowest BCUT2D eigenvalue weighted by Crippen LogP contribution is -2.38.